The lowest BCUT2D eigenvalue weighted by Crippen LogP contribution is -2.55. The molecule has 122 valence electrons. The van der Waals surface area contributed by atoms with Crippen molar-refractivity contribution in [1.29, 1.82) is 0 Å². The molecule has 6 heteroatoms. The van der Waals surface area contributed by atoms with Gasteiger partial charge in [0.2, 0.25) is 0 Å². The van der Waals surface area contributed by atoms with Gasteiger partial charge in [-0.25, -0.2) is 0 Å². The molecule has 0 bridgehead atoms. The maximum absolute atomic E-state index is 5.87. The van der Waals surface area contributed by atoms with Crippen molar-refractivity contribution < 1.29 is 4.74 Å². The Hall–Kier alpha value is -0.0100. The molecule has 1 unspecified atom stereocenters. The van der Waals surface area contributed by atoms with Crippen molar-refractivity contribution in [2.75, 3.05) is 7.11 Å². The normalized spacial score (nSPS) is 35.8. The summed E-state index contributed by atoms with van der Waals surface area (Å²) in [5.74, 6) is 0. The Morgan fingerprint density at radius 2 is 2.04 bits per heavy atom. The van der Waals surface area contributed by atoms with Crippen LogP contribution in [0.3, 0.4) is 0 Å². The molecule has 2 fully saturated rings. The summed E-state index contributed by atoms with van der Waals surface area (Å²) in [6.07, 6.45) is 5.87. The SMILES string of the molecule is COC1CCC2(CC1)Cc1ccc(Br)cc1C21NC(=S)SC1=S. The Balaban J connectivity index is 1.85. The molecular formula is C17H18BrNOS3. The van der Waals surface area contributed by atoms with Crippen LogP contribution >= 0.6 is 52.1 Å². The number of rotatable bonds is 1. The summed E-state index contributed by atoms with van der Waals surface area (Å²) in [6.45, 7) is 0. The topological polar surface area (TPSA) is 21.3 Å². The average molecular weight is 428 g/mol. The molecule has 0 aromatic heterocycles. The highest BCUT2D eigenvalue weighted by Gasteiger charge is 2.63. The number of halogens is 1. The fourth-order valence-electron chi connectivity index (χ4n) is 4.68. The zero-order valence-electron chi connectivity index (χ0n) is 12.9. The quantitative estimate of drug-likeness (QED) is 0.652. The molecule has 1 atom stereocenters. The van der Waals surface area contributed by atoms with Crippen LogP contribution in [0.15, 0.2) is 22.7 Å². The van der Waals surface area contributed by atoms with Crippen molar-refractivity contribution in [3.63, 3.8) is 0 Å². The van der Waals surface area contributed by atoms with E-state index in [9.17, 15) is 0 Å². The van der Waals surface area contributed by atoms with E-state index >= 15 is 0 Å². The third-order valence-corrected chi connectivity index (χ3v) is 7.99. The molecule has 1 aliphatic heterocycles. The molecule has 1 aromatic rings. The van der Waals surface area contributed by atoms with E-state index in [0.29, 0.717) is 6.10 Å². The van der Waals surface area contributed by atoms with E-state index in [0.717, 1.165) is 45.1 Å². The number of methoxy groups -OCH3 is 1. The molecule has 0 amide bonds. The number of ether oxygens (including phenoxy) is 1. The predicted molar refractivity (Wildman–Crippen MR) is 107 cm³/mol. The number of fused-ring (bicyclic) bond motifs is 3. The van der Waals surface area contributed by atoms with Crippen LogP contribution in [-0.4, -0.2) is 21.7 Å². The van der Waals surface area contributed by atoms with E-state index in [-0.39, 0.29) is 11.0 Å². The Morgan fingerprint density at radius 3 is 2.65 bits per heavy atom. The number of thiocarbonyl (C=S) groups is 2. The maximum atomic E-state index is 5.87. The lowest BCUT2D eigenvalue weighted by molar-refractivity contribution is 0.00884. The third-order valence-electron chi connectivity index (χ3n) is 5.80. The van der Waals surface area contributed by atoms with Gasteiger partial charge in [-0.3, -0.25) is 0 Å². The summed E-state index contributed by atoms with van der Waals surface area (Å²) in [5, 5.41) is 3.65. The zero-order chi connectivity index (χ0) is 16.2. The number of nitrogens with one attached hydrogen (secondary N) is 1. The third kappa shape index (κ3) is 2.29. The predicted octanol–water partition coefficient (Wildman–Crippen LogP) is 4.72. The summed E-state index contributed by atoms with van der Waals surface area (Å²) in [5.41, 5.74) is 2.56. The number of thioether (sulfide) groups is 1. The fourth-order valence-corrected chi connectivity index (χ4v) is 7.14. The van der Waals surface area contributed by atoms with Crippen molar-refractivity contribution in [3.05, 3.63) is 33.8 Å². The van der Waals surface area contributed by atoms with Crippen molar-refractivity contribution >= 4 is 60.6 Å². The van der Waals surface area contributed by atoms with Gasteiger partial charge in [-0.2, -0.15) is 0 Å². The first-order valence-corrected chi connectivity index (χ1v) is 10.3. The van der Waals surface area contributed by atoms with Crippen LogP contribution in [0.5, 0.6) is 0 Å². The van der Waals surface area contributed by atoms with Gasteiger partial charge < -0.3 is 10.1 Å². The molecule has 2 aliphatic carbocycles. The number of hydrogen-bond acceptors (Lipinski definition) is 4. The van der Waals surface area contributed by atoms with Crippen molar-refractivity contribution in [2.45, 2.75) is 43.7 Å². The first-order valence-electron chi connectivity index (χ1n) is 7.87. The fraction of sp³-hybridized carbons (Fsp3) is 0.529. The smallest absolute Gasteiger partial charge is 0.140 e. The van der Waals surface area contributed by atoms with Gasteiger partial charge in [-0.15, -0.1) is 0 Å². The summed E-state index contributed by atoms with van der Waals surface area (Å²) in [6, 6.07) is 6.62. The van der Waals surface area contributed by atoms with E-state index in [1.54, 1.807) is 11.8 Å². The summed E-state index contributed by atoms with van der Waals surface area (Å²) >= 11 is 16.6. The zero-order valence-corrected chi connectivity index (χ0v) is 16.9. The molecule has 3 aliphatic rings. The molecule has 0 radical (unpaired) electrons. The molecule has 1 heterocycles. The highest BCUT2D eigenvalue weighted by molar-refractivity contribution is 9.10. The van der Waals surface area contributed by atoms with Crippen LogP contribution in [0.4, 0.5) is 0 Å². The largest absolute Gasteiger partial charge is 0.381 e. The van der Waals surface area contributed by atoms with Gasteiger partial charge in [-0.05, 0) is 55.4 Å². The Morgan fingerprint density at radius 1 is 1.30 bits per heavy atom. The van der Waals surface area contributed by atoms with Crippen LogP contribution in [-0.2, 0) is 16.7 Å². The molecule has 23 heavy (non-hydrogen) atoms. The van der Waals surface area contributed by atoms with E-state index < -0.39 is 0 Å². The van der Waals surface area contributed by atoms with E-state index in [1.165, 1.54) is 11.1 Å². The van der Waals surface area contributed by atoms with Gasteiger partial charge in [0, 0.05) is 17.0 Å². The molecule has 1 N–H and O–H groups in total. The first kappa shape index (κ1) is 16.5. The lowest BCUT2D eigenvalue weighted by atomic mass is 9.62. The monoisotopic (exact) mass is 427 g/mol. The van der Waals surface area contributed by atoms with E-state index in [1.807, 2.05) is 7.11 Å². The Labute approximate surface area is 160 Å². The van der Waals surface area contributed by atoms with Crippen LogP contribution in [0.2, 0.25) is 0 Å². The van der Waals surface area contributed by atoms with Crippen molar-refractivity contribution in [3.8, 4) is 0 Å². The minimum Gasteiger partial charge on any atom is -0.381 e. The number of hydrogen-bond donors (Lipinski definition) is 1. The second kappa shape index (κ2) is 5.77. The van der Waals surface area contributed by atoms with Crippen LogP contribution < -0.4 is 5.32 Å². The highest BCUT2D eigenvalue weighted by atomic mass is 79.9. The second-order valence-corrected chi connectivity index (χ2v) is 10.0. The van der Waals surface area contributed by atoms with Crippen LogP contribution in [0.25, 0.3) is 0 Å². The molecule has 1 saturated heterocycles. The maximum Gasteiger partial charge on any atom is 0.140 e. The van der Waals surface area contributed by atoms with Gasteiger partial charge in [-0.1, -0.05) is 58.2 Å². The molecule has 2 nitrogen and oxygen atoms in total. The van der Waals surface area contributed by atoms with Gasteiger partial charge in [0.25, 0.3) is 0 Å². The standard InChI is InChI=1S/C17H18BrNOS3/c1-20-12-4-6-16(7-5-12)9-10-2-3-11(18)8-13(10)17(16)14(21)23-15(22)19-17/h2-3,8,12H,4-7,9H2,1H3,(H,19,22). The van der Waals surface area contributed by atoms with Crippen molar-refractivity contribution in [2.24, 2.45) is 5.41 Å². The summed E-state index contributed by atoms with van der Waals surface area (Å²) in [7, 11) is 1.82. The van der Waals surface area contributed by atoms with Crippen molar-refractivity contribution in [1.82, 2.24) is 5.32 Å². The summed E-state index contributed by atoms with van der Waals surface area (Å²) in [4.78, 5) is 0. The molecule has 2 spiro atoms. The Bertz CT molecular complexity index is 699. The van der Waals surface area contributed by atoms with Gasteiger partial charge in [0.05, 0.1) is 10.3 Å². The minimum atomic E-state index is -0.290. The second-order valence-electron chi connectivity index (χ2n) is 6.75. The first-order chi connectivity index (χ1) is 11.0. The Kier molecular flexibility index (Phi) is 4.13. The highest BCUT2D eigenvalue weighted by Crippen LogP contribution is 2.61. The molecular weight excluding hydrogens is 410 g/mol. The van der Waals surface area contributed by atoms with Crippen LogP contribution in [0, 0.1) is 5.41 Å². The molecule has 1 saturated carbocycles. The number of benzene rings is 1. The minimum absolute atomic E-state index is 0.121. The molecule has 4 rings (SSSR count). The van der Waals surface area contributed by atoms with E-state index in [4.69, 9.17) is 29.2 Å². The van der Waals surface area contributed by atoms with E-state index in [2.05, 4.69) is 39.4 Å². The average Bonchev–Trinajstić information content (AvgIpc) is 2.97. The lowest BCUT2D eigenvalue weighted by Gasteiger charge is -2.47. The van der Waals surface area contributed by atoms with Gasteiger partial charge >= 0.3 is 0 Å². The molecule has 1 aromatic carbocycles. The van der Waals surface area contributed by atoms with Gasteiger partial charge in [0.15, 0.2) is 0 Å². The summed E-state index contributed by atoms with van der Waals surface area (Å²) < 4.78 is 8.51. The van der Waals surface area contributed by atoms with Crippen LogP contribution in [0.1, 0.15) is 36.8 Å². The van der Waals surface area contributed by atoms with Gasteiger partial charge in [0.1, 0.15) is 9.86 Å².